The van der Waals surface area contributed by atoms with Crippen LogP contribution in [0.25, 0.3) is 0 Å². The fourth-order valence-electron chi connectivity index (χ4n) is 3.58. The number of hydroxylamine groups is 1. The number of benzene rings is 1. The molecule has 2 saturated carbocycles. The minimum atomic E-state index is -3.54. The van der Waals surface area contributed by atoms with E-state index < -0.39 is 15.9 Å². The maximum atomic E-state index is 12.6. The van der Waals surface area contributed by atoms with E-state index in [0.717, 1.165) is 37.5 Å². The minimum absolute atomic E-state index is 0.00934. The number of rotatable bonds is 9. The minimum Gasteiger partial charge on any atom is -0.353 e. The molecule has 0 bridgehead atoms. The van der Waals surface area contributed by atoms with E-state index in [4.69, 9.17) is 4.84 Å². The van der Waals surface area contributed by atoms with Crippen LogP contribution in [0.3, 0.4) is 0 Å². The Labute approximate surface area is 192 Å². The zero-order chi connectivity index (χ0) is 23.8. The summed E-state index contributed by atoms with van der Waals surface area (Å²) in [5.41, 5.74) is 4.76. The van der Waals surface area contributed by atoms with Crippen LogP contribution in [0, 0.1) is 5.92 Å². The highest BCUT2D eigenvalue weighted by Gasteiger charge is 2.32. The zero-order valence-electron chi connectivity index (χ0n) is 18.7. The number of nitrogens with zero attached hydrogens (tertiary/aromatic N) is 2. The molecular formula is C22H27N5O5S. The van der Waals surface area contributed by atoms with Gasteiger partial charge in [-0.1, -0.05) is 12.1 Å². The molecule has 176 valence electrons. The molecule has 33 heavy (non-hydrogen) atoms. The fraction of sp³-hybridized carbons (Fsp3) is 0.409. The van der Waals surface area contributed by atoms with Crippen LogP contribution in [0.15, 0.2) is 30.5 Å². The molecule has 1 aromatic heterocycles. The first-order chi connectivity index (χ1) is 15.7. The molecule has 2 fully saturated rings. The Morgan fingerprint density at radius 2 is 1.88 bits per heavy atom. The van der Waals surface area contributed by atoms with E-state index in [1.165, 1.54) is 24.7 Å². The zero-order valence-corrected chi connectivity index (χ0v) is 19.5. The summed E-state index contributed by atoms with van der Waals surface area (Å²) in [4.78, 5) is 33.7. The van der Waals surface area contributed by atoms with E-state index in [1.54, 1.807) is 12.1 Å². The highest BCUT2D eigenvalue weighted by Crippen LogP contribution is 2.47. The molecule has 10 nitrogen and oxygen atoms in total. The molecule has 11 heteroatoms. The lowest BCUT2D eigenvalue weighted by atomic mass is 10.1. The first kappa shape index (κ1) is 23.0. The van der Waals surface area contributed by atoms with Crippen LogP contribution < -0.4 is 20.4 Å². The van der Waals surface area contributed by atoms with Crippen molar-refractivity contribution in [1.29, 1.82) is 0 Å². The Morgan fingerprint density at radius 3 is 2.48 bits per heavy atom. The predicted molar refractivity (Wildman–Crippen MR) is 125 cm³/mol. The number of anilines is 4. The average Bonchev–Trinajstić information content (AvgIpc) is 3.65. The molecule has 0 aliphatic heterocycles. The van der Waals surface area contributed by atoms with Gasteiger partial charge in [0.2, 0.25) is 15.9 Å². The van der Waals surface area contributed by atoms with Gasteiger partial charge in [-0.15, -0.1) is 0 Å². The molecule has 2 aliphatic rings. The van der Waals surface area contributed by atoms with Crippen molar-refractivity contribution >= 4 is 44.7 Å². The second-order valence-corrected chi connectivity index (χ2v) is 10.4. The van der Waals surface area contributed by atoms with Crippen molar-refractivity contribution < 1.29 is 22.8 Å². The van der Waals surface area contributed by atoms with Gasteiger partial charge in [-0.05, 0) is 43.2 Å². The van der Waals surface area contributed by atoms with Crippen molar-refractivity contribution in [2.75, 3.05) is 35.4 Å². The molecular weight excluding hydrogens is 446 g/mol. The van der Waals surface area contributed by atoms with Crippen molar-refractivity contribution in [2.24, 2.45) is 5.92 Å². The summed E-state index contributed by atoms with van der Waals surface area (Å²) >= 11 is 0. The Balaban J connectivity index is 1.75. The van der Waals surface area contributed by atoms with Gasteiger partial charge in [-0.2, -0.15) is 0 Å². The van der Waals surface area contributed by atoms with Crippen LogP contribution in [0.1, 0.15) is 47.5 Å². The molecule has 2 aromatic rings. The van der Waals surface area contributed by atoms with Gasteiger partial charge in [0.25, 0.3) is 5.91 Å². The fourth-order valence-corrected chi connectivity index (χ4v) is 4.11. The third-order valence-electron chi connectivity index (χ3n) is 5.71. The van der Waals surface area contributed by atoms with Crippen molar-refractivity contribution in [3.05, 3.63) is 41.6 Å². The second kappa shape index (κ2) is 8.99. The highest BCUT2D eigenvalue weighted by atomic mass is 32.2. The van der Waals surface area contributed by atoms with E-state index in [1.807, 2.05) is 12.1 Å². The van der Waals surface area contributed by atoms with E-state index in [2.05, 4.69) is 21.1 Å². The molecule has 0 unspecified atom stereocenters. The smallest absolute Gasteiger partial charge is 0.278 e. The molecule has 2 amide bonds. The van der Waals surface area contributed by atoms with Crippen LogP contribution in [0.2, 0.25) is 0 Å². The van der Waals surface area contributed by atoms with Gasteiger partial charge in [-0.25, -0.2) is 18.9 Å². The van der Waals surface area contributed by atoms with E-state index in [9.17, 15) is 18.0 Å². The first-order valence-corrected chi connectivity index (χ1v) is 12.5. The summed E-state index contributed by atoms with van der Waals surface area (Å²) in [7, 11) is -0.708. The number of hydrogen-bond acceptors (Lipinski definition) is 7. The normalized spacial score (nSPS) is 15.6. The van der Waals surface area contributed by atoms with Crippen LogP contribution in [-0.4, -0.2) is 45.6 Å². The summed E-state index contributed by atoms with van der Waals surface area (Å²) in [5.74, 6) is -0.0857. The van der Waals surface area contributed by atoms with Crippen LogP contribution in [0.4, 0.5) is 22.9 Å². The number of carbonyl (C=O) groups is 2. The Hall–Kier alpha value is -3.18. The molecule has 2 aliphatic carbocycles. The second-order valence-electron chi connectivity index (χ2n) is 8.39. The molecule has 0 radical (unpaired) electrons. The number of sulfonamides is 1. The lowest BCUT2D eigenvalue weighted by molar-refractivity contribution is -0.117. The summed E-state index contributed by atoms with van der Waals surface area (Å²) in [5, 5.41) is 5.97. The average molecular weight is 474 g/mol. The monoisotopic (exact) mass is 473 g/mol. The highest BCUT2D eigenvalue weighted by molar-refractivity contribution is 7.92. The van der Waals surface area contributed by atoms with Crippen molar-refractivity contribution in [1.82, 2.24) is 10.5 Å². The molecule has 0 atom stereocenters. The predicted octanol–water partition coefficient (Wildman–Crippen LogP) is 2.74. The van der Waals surface area contributed by atoms with Crippen molar-refractivity contribution in [3.8, 4) is 0 Å². The summed E-state index contributed by atoms with van der Waals surface area (Å²) in [6.07, 6.45) is 6.16. The number of carbonyl (C=O) groups excluding carboxylic acids is 2. The molecule has 0 saturated heterocycles. The third kappa shape index (κ3) is 5.25. The van der Waals surface area contributed by atoms with Crippen molar-refractivity contribution in [3.63, 3.8) is 0 Å². The quantitative estimate of drug-likeness (QED) is 0.478. The Kier molecular flexibility index (Phi) is 6.26. The molecule has 0 spiro atoms. The van der Waals surface area contributed by atoms with Gasteiger partial charge in [0.15, 0.2) is 0 Å². The van der Waals surface area contributed by atoms with Gasteiger partial charge in [-0.3, -0.25) is 18.7 Å². The van der Waals surface area contributed by atoms with E-state index in [0.29, 0.717) is 22.9 Å². The topological polar surface area (TPSA) is 130 Å². The maximum Gasteiger partial charge on any atom is 0.278 e. The summed E-state index contributed by atoms with van der Waals surface area (Å²) in [6, 6.07) is 7.08. The number of aromatic nitrogens is 1. The number of nitrogens with one attached hydrogen (secondary N) is 3. The molecule has 4 rings (SSSR count). The summed E-state index contributed by atoms with van der Waals surface area (Å²) < 4.78 is 26.0. The number of hydrogen-bond donors (Lipinski definition) is 3. The SMILES string of the molecule is CONC(=O)c1cnc(NC(=O)C2CC2)cc1Nc1cccc(C2CC2)c1N(C)S(C)(=O)=O. The van der Waals surface area contributed by atoms with Crippen LogP contribution in [-0.2, 0) is 19.7 Å². The Morgan fingerprint density at radius 1 is 1.15 bits per heavy atom. The van der Waals surface area contributed by atoms with Crippen LogP contribution >= 0.6 is 0 Å². The molecule has 1 heterocycles. The molecule has 1 aromatic carbocycles. The maximum absolute atomic E-state index is 12.6. The standard InChI is InChI=1S/C22H27N5O5S/c1-27(33(3,30)31)20-15(13-7-8-13)5-4-6-17(20)24-18-11-19(25-21(28)14-9-10-14)23-12-16(18)22(29)26-32-2/h4-6,11-14H,7-10H2,1-3H3,(H,26,29)(H2,23,24,25,28). The summed E-state index contributed by atoms with van der Waals surface area (Å²) in [6.45, 7) is 0. The van der Waals surface area contributed by atoms with E-state index >= 15 is 0 Å². The van der Waals surface area contributed by atoms with Gasteiger partial charge < -0.3 is 10.6 Å². The third-order valence-corrected chi connectivity index (χ3v) is 6.89. The van der Waals surface area contributed by atoms with Gasteiger partial charge >= 0.3 is 0 Å². The van der Waals surface area contributed by atoms with Gasteiger partial charge in [0.05, 0.1) is 36.0 Å². The lowest BCUT2D eigenvalue weighted by Crippen LogP contribution is -2.27. The number of amides is 2. The lowest BCUT2D eigenvalue weighted by Gasteiger charge is -2.25. The first-order valence-electron chi connectivity index (χ1n) is 10.7. The van der Waals surface area contributed by atoms with E-state index in [-0.39, 0.29) is 23.3 Å². The number of para-hydroxylation sites is 1. The van der Waals surface area contributed by atoms with Crippen molar-refractivity contribution in [2.45, 2.75) is 31.6 Å². The van der Waals surface area contributed by atoms with Gasteiger partial charge in [0.1, 0.15) is 5.82 Å². The number of pyridine rings is 1. The largest absolute Gasteiger partial charge is 0.353 e. The van der Waals surface area contributed by atoms with Gasteiger partial charge in [0, 0.05) is 25.2 Å². The Bertz CT molecular complexity index is 1190. The van der Waals surface area contributed by atoms with Crippen LogP contribution in [0.5, 0.6) is 0 Å². The molecule has 3 N–H and O–H groups in total.